The average Bonchev–Trinajstić information content (AvgIpc) is 3.30. The van der Waals surface area contributed by atoms with E-state index in [-0.39, 0.29) is 5.76 Å². The van der Waals surface area contributed by atoms with Gasteiger partial charge in [-0.2, -0.15) is 0 Å². The normalized spacial score (nSPS) is 12.0. The minimum Gasteiger partial charge on any atom is -0.414 e. The van der Waals surface area contributed by atoms with E-state index in [2.05, 4.69) is 5.32 Å². The van der Waals surface area contributed by atoms with E-state index in [0.717, 1.165) is 5.56 Å². The van der Waals surface area contributed by atoms with Gasteiger partial charge < -0.3 is 18.8 Å². The van der Waals surface area contributed by atoms with Crippen molar-refractivity contribution in [2.45, 2.75) is 12.7 Å². The second kappa shape index (κ2) is 9.63. The summed E-state index contributed by atoms with van der Waals surface area (Å²) in [6, 6.07) is 27.1. The lowest BCUT2D eigenvalue weighted by Crippen LogP contribution is -2.18. The van der Waals surface area contributed by atoms with E-state index < -0.39 is 24.2 Å². The zero-order valence-electron chi connectivity index (χ0n) is 17.7. The van der Waals surface area contributed by atoms with Gasteiger partial charge in [0.1, 0.15) is 22.2 Å². The highest BCUT2D eigenvalue weighted by atomic mass is 31.2. The van der Waals surface area contributed by atoms with Gasteiger partial charge in [0.2, 0.25) is 5.78 Å². The molecule has 168 valence electrons. The molecule has 1 heterocycles. The monoisotopic (exact) mass is 464 g/mol. The molecule has 3 aromatic carbocycles. The number of benzene rings is 3. The van der Waals surface area contributed by atoms with Gasteiger partial charge in [-0.05, 0) is 48.9 Å². The van der Waals surface area contributed by atoms with Crippen LogP contribution in [-0.2, 0) is 4.57 Å². The summed E-state index contributed by atoms with van der Waals surface area (Å²) in [5, 5.41) is 14.4. The van der Waals surface area contributed by atoms with Crippen LogP contribution in [0.4, 0.5) is 11.6 Å². The fraction of sp³-hybridized carbons (Fsp3) is 0.0833. The van der Waals surface area contributed by atoms with Gasteiger partial charge in [-0.25, -0.2) is 4.57 Å². The van der Waals surface area contributed by atoms with Crippen molar-refractivity contribution in [1.29, 1.82) is 0 Å². The van der Waals surface area contributed by atoms with Crippen LogP contribution in [0.3, 0.4) is 0 Å². The number of aryl methyl sites for hydroxylation is 1. The first-order chi connectivity index (χ1) is 15.9. The van der Waals surface area contributed by atoms with Crippen LogP contribution in [0.25, 0.3) is 0 Å². The zero-order chi connectivity index (χ0) is 23.3. The van der Waals surface area contributed by atoms with Gasteiger partial charge in [0, 0.05) is 5.69 Å². The topological polar surface area (TPSA) is 104 Å². The molecule has 0 radical (unpaired) electrons. The summed E-state index contributed by atoms with van der Waals surface area (Å²) >= 11 is 0. The van der Waals surface area contributed by atoms with Crippen molar-refractivity contribution in [2.24, 2.45) is 0 Å². The smallest absolute Gasteiger partial charge is 0.414 e. The standard InChI is InChI=1S/C24H21N2O6P/c1-18-10-8-9-15-21(18)25-24(22-16-17-23(30-22)26(27)28)33(29,31-19-11-4-2-5-12-19)32-20-13-6-3-7-14-20/h2-17,24-25H,1H3. The number of rotatable bonds is 9. The first-order valence-electron chi connectivity index (χ1n) is 10.1. The van der Waals surface area contributed by atoms with Crippen LogP contribution < -0.4 is 14.4 Å². The SMILES string of the molecule is Cc1ccccc1NC(c1ccc([N+](=O)[O-])o1)P(=O)(Oc1ccccc1)Oc1ccccc1. The molecule has 0 aliphatic carbocycles. The molecule has 4 rings (SSSR count). The summed E-state index contributed by atoms with van der Waals surface area (Å²) < 4.78 is 31.7. The Morgan fingerprint density at radius 2 is 1.39 bits per heavy atom. The van der Waals surface area contributed by atoms with Crippen LogP contribution in [0.15, 0.2) is 101 Å². The first-order valence-corrected chi connectivity index (χ1v) is 11.7. The highest BCUT2D eigenvalue weighted by Gasteiger charge is 2.44. The van der Waals surface area contributed by atoms with Crippen LogP contribution in [0.2, 0.25) is 0 Å². The molecule has 8 nitrogen and oxygen atoms in total. The summed E-state index contributed by atoms with van der Waals surface area (Å²) in [5.41, 5.74) is 1.52. The van der Waals surface area contributed by atoms with E-state index >= 15 is 0 Å². The fourth-order valence-electron chi connectivity index (χ4n) is 3.16. The Balaban J connectivity index is 1.82. The molecule has 9 heteroatoms. The minimum absolute atomic E-state index is 0.0418. The third-order valence-electron chi connectivity index (χ3n) is 4.77. The van der Waals surface area contributed by atoms with Crippen molar-refractivity contribution >= 4 is 19.2 Å². The molecule has 0 bridgehead atoms. The third kappa shape index (κ3) is 5.25. The molecule has 0 aliphatic heterocycles. The Morgan fingerprint density at radius 3 is 1.91 bits per heavy atom. The van der Waals surface area contributed by atoms with E-state index in [9.17, 15) is 14.7 Å². The van der Waals surface area contributed by atoms with Gasteiger partial charge in [-0.3, -0.25) is 10.1 Å². The Morgan fingerprint density at radius 1 is 0.848 bits per heavy atom. The second-order valence-electron chi connectivity index (χ2n) is 7.14. The van der Waals surface area contributed by atoms with Gasteiger partial charge in [-0.1, -0.05) is 54.6 Å². The van der Waals surface area contributed by atoms with Crippen LogP contribution in [0.1, 0.15) is 17.1 Å². The van der Waals surface area contributed by atoms with Crippen LogP contribution >= 0.6 is 7.60 Å². The highest BCUT2D eigenvalue weighted by Crippen LogP contribution is 2.60. The fourth-order valence-corrected chi connectivity index (χ4v) is 4.98. The van der Waals surface area contributed by atoms with Crippen molar-refractivity contribution in [1.82, 2.24) is 0 Å². The van der Waals surface area contributed by atoms with Crippen LogP contribution in [0.5, 0.6) is 11.5 Å². The molecule has 1 atom stereocenters. The number of nitrogens with one attached hydrogen (secondary N) is 1. The zero-order valence-corrected chi connectivity index (χ0v) is 18.6. The van der Waals surface area contributed by atoms with E-state index in [1.54, 1.807) is 66.7 Å². The Hall–Kier alpha value is -4.03. The summed E-state index contributed by atoms with van der Waals surface area (Å²) in [6.45, 7) is 1.88. The van der Waals surface area contributed by atoms with Crippen LogP contribution in [0, 0.1) is 17.0 Å². The molecule has 1 N–H and O–H groups in total. The van der Waals surface area contributed by atoms with Gasteiger partial charge in [0.15, 0.2) is 0 Å². The Bertz CT molecular complexity index is 1230. The summed E-state index contributed by atoms with van der Waals surface area (Å²) in [6.07, 6.45) is 0. The maximum Gasteiger partial charge on any atom is 0.460 e. The van der Waals surface area contributed by atoms with Crippen molar-refractivity contribution in [3.8, 4) is 11.5 Å². The van der Waals surface area contributed by atoms with Crippen molar-refractivity contribution in [3.05, 3.63) is 118 Å². The predicted molar refractivity (Wildman–Crippen MR) is 125 cm³/mol. The highest BCUT2D eigenvalue weighted by molar-refractivity contribution is 7.55. The Kier molecular flexibility index (Phi) is 6.47. The maximum atomic E-state index is 14.4. The van der Waals surface area contributed by atoms with Gasteiger partial charge in [-0.15, -0.1) is 0 Å². The van der Waals surface area contributed by atoms with Gasteiger partial charge >= 0.3 is 13.5 Å². The molecule has 0 saturated heterocycles. The van der Waals surface area contributed by atoms with Crippen molar-refractivity contribution < 1.29 is 23.0 Å². The van der Waals surface area contributed by atoms with E-state index in [1.807, 2.05) is 25.1 Å². The number of nitrogens with zero attached hydrogens (tertiary/aromatic N) is 1. The molecule has 0 saturated carbocycles. The lowest BCUT2D eigenvalue weighted by Gasteiger charge is -2.28. The van der Waals surface area contributed by atoms with Gasteiger partial charge in [0.05, 0.1) is 6.07 Å². The number of hydrogen-bond donors (Lipinski definition) is 1. The Labute approximate surface area is 190 Å². The molecule has 4 aromatic rings. The van der Waals surface area contributed by atoms with E-state index in [0.29, 0.717) is 17.2 Å². The van der Waals surface area contributed by atoms with E-state index in [4.69, 9.17) is 13.5 Å². The average molecular weight is 464 g/mol. The number of hydrogen-bond acceptors (Lipinski definition) is 7. The molecule has 0 fully saturated rings. The van der Waals surface area contributed by atoms with E-state index in [1.165, 1.54) is 12.1 Å². The molecular formula is C24H21N2O6P. The van der Waals surface area contributed by atoms with Gasteiger partial charge in [0.25, 0.3) is 0 Å². The molecule has 1 aromatic heterocycles. The number of furan rings is 1. The summed E-state index contributed by atoms with van der Waals surface area (Å²) in [7, 11) is -4.12. The quantitative estimate of drug-likeness (QED) is 0.162. The molecule has 1 unspecified atom stereocenters. The second-order valence-corrected chi connectivity index (χ2v) is 9.10. The number of para-hydroxylation sites is 3. The summed E-state index contributed by atoms with van der Waals surface area (Å²) in [5.74, 6) is -0.996. The maximum absolute atomic E-state index is 14.4. The minimum atomic E-state index is -4.12. The van der Waals surface area contributed by atoms with Crippen molar-refractivity contribution in [2.75, 3.05) is 5.32 Å². The lowest BCUT2D eigenvalue weighted by atomic mass is 10.2. The molecule has 33 heavy (non-hydrogen) atoms. The predicted octanol–water partition coefficient (Wildman–Crippen LogP) is 6.96. The summed E-state index contributed by atoms with van der Waals surface area (Å²) in [4.78, 5) is 10.6. The first kappa shape index (κ1) is 22.2. The molecular weight excluding hydrogens is 443 g/mol. The third-order valence-corrected chi connectivity index (χ3v) is 6.71. The lowest BCUT2D eigenvalue weighted by molar-refractivity contribution is -0.402. The number of anilines is 1. The largest absolute Gasteiger partial charge is 0.460 e. The van der Waals surface area contributed by atoms with Crippen LogP contribution in [-0.4, -0.2) is 4.92 Å². The number of nitro groups is 1. The van der Waals surface area contributed by atoms with Crippen molar-refractivity contribution in [3.63, 3.8) is 0 Å². The molecule has 0 aliphatic rings. The molecule has 0 amide bonds. The molecule has 0 spiro atoms.